The number of hydrogen-bond acceptors (Lipinski definition) is 3. The van der Waals surface area contributed by atoms with Gasteiger partial charge in [0.15, 0.2) is 0 Å². The lowest BCUT2D eigenvalue weighted by Crippen LogP contribution is -1.95. The molecule has 1 aliphatic carbocycles. The van der Waals surface area contributed by atoms with E-state index in [0.717, 1.165) is 79.3 Å². The summed E-state index contributed by atoms with van der Waals surface area (Å²) < 4.78 is 2.54. The highest BCUT2D eigenvalue weighted by Crippen LogP contribution is 2.40. The lowest BCUT2D eigenvalue weighted by Gasteiger charge is -2.12. The topological polar surface area (TPSA) is 25.8 Å². The predicted molar refractivity (Wildman–Crippen MR) is 267 cm³/mol. The van der Waals surface area contributed by atoms with E-state index in [1.807, 2.05) is 35.6 Å². The summed E-state index contributed by atoms with van der Waals surface area (Å²) in [7, 11) is 0. The summed E-state index contributed by atoms with van der Waals surface area (Å²) in [5.41, 5.74) is 17.1. The first-order valence-corrected chi connectivity index (χ1v) is 21.7. The molecule has 10 rings (SSSR count). The van der Waals surface area contributed by atoms with Crippen LogP contribution in [0, 0.1) is 0 Å². The SMILES string of the molecule is C=C/C=C(\C=C)c1cc(C2=CCC=CC=C2)nc(-c2cccc(-c3ccc4sc5ccc(-c6cccc(-c7cc(-c8ccccc8)cc(-c8ccccc8)n7)c6)cc5c4c3)c2)c1. The highest BCUT2D eigenvalue weighted by molar-refractivity contribution is 7.25. The van der Waals surface area contributed by atoms with Crippen LogP contribution in [0.25, 0.3) is 98.5 Å². The Hall–Kier alpha value is -7.72. The molecule has 9 aromatic rings. The molecule has 3 heteroatoms. The van der Waals surface area contributed by atoms with Crippen LogP contribution >= 0.6 is 11.3 Å². The standard InChI is InChI=1S/C59H42N2S/c1-3-17-40(4-2)50-36-54(42-20-9-5-6-10-21-42)60-56(37-50)48-26-15-24-44(32-48)46-28-30-58-52(34-46)53-35-47(29-31-59(53)62-58)45-25-16-27-49(33-45)57-39-51(41-18-11-7-12-19-41)38-55(61-57)43-22-13-8-14-23-43/h3-9,11-39H,1-2,10H2/b40-17+. The van der Waals surface area contributed by atoms with Crippen LogP contribution in [0.15, 0.2) is 232 Å². The van der Waals surface area contributed by atoms with E-state index in [-0.39, 0.29) is 0 Å². The average molecular weight is 811 g/mol. The second kappa shape index (κ2) is 17.1. The van der Waals surface area contributed by atoms with Gasteiger partial charge in [-0.05, 0) is 117 Å². The Morgan fingerprint density at radius 3 is 1.63 bits per heavy atom. The lowest BCUT2D eigenvalue weighted by molar-refractivity contribution is 1.26. The number of aromatic nitrogens is 2. The van der Waals surface area contributed by atoms with Crippen molar-refractivity contribution < 1.29 is 0 Å². The van der Waals surface area contributed by atoms with Crippen LogP contribution in [0.3, 0.4) is 0 Å². The molecular weight excluding hydrogens is 769 g/mol. The van der Waals surface area contributed by atoms with Gasteiger partial charge in [0.25, 0.3) is 0 Å². The summed E-state index contributed by atoms with van der Waals surface area (Å²) in [5.74, 6) is 0. The third kappa shape index (κ3) is 7.86. The van der Waals surface area contributed by atoms with Gasteiger partial charge in [0, 0.05) is 36.9 Å². The van der Waals surface area contributed by atoms with E-state index in [0.29, 0.717) is 0 Å². The zero-order valence-corrected chi connectivity index (χ0v) is 35.0. The van der Waals surface area contributed by atoms with Crippen LogP contribution in [-0.4, -0.2) is 9.97 Å². The Morgan fingerprint density at radius 2 is 1.00 bits per heavy atom. The zero-order chi connectivity index (χ0) is 41.8. The van der Waals surface area contributed by atoms with Crippen molar-refractivity contribution in [2.24, 2.45) is 0 Å². The maximum atomic E-state index is 5.23. The second-order valence-electron chi connectivity index (χ2n) is 15.4. The Balaban J connectivity index is 1.02. The highest BCUT2D eigenvalue weighted by atomic mass is 32.1. The molecular formula is C59H42N2S. The van der Waals surface area contributed by atoms with Gasteiger partial charge in [-0.25, -0.2) is 9.97 Å². The van der Waals surface area contributed by atoms with Crippen molar-refractivity contribution in [3.8, 4) is 67.2 Å². The number of allylic oxidation sites excluding steroid dienone is 10. The highest BCUT2D eigenvalue weighted by Gasteiger charge is 2.15. The van der Waals surface area contributed by atoms with Crippen molar-refractivity contribution in [3.63, 3.8) is 0 Å². The summed E-state index contributed by atoms with van der Waals surface area (Å²) in [6.07, 6.45) is 17.2. The molecule has 294 valence electrons. The fraction of sp³-hybridized carbons (Fsp3) is 0.0169. The van der Waals surface area contributed by atoms with Crippen molar-refractivity contribution in [1.29, 1.82) is 0 Å². The predicted octanol–water partition coefficient (Wildman–Crippen LogP) is 16.5. The van der Waals surface area contributed by atoms with Crippen LogP contribution in [-0.2, 0) is 0 Å². The van der Waals surface area contributed by atoms with E-state index in [2.05, 4.69) is 207 Å². The van der Waals surface area contributed by atoms with Gasteiger partial charge in [0.05, 0.1) is 22.8 Å². The van der Waals surface area contributed by atoms with Crippen LogP contribution in [0.4, 0.5) is 0 Å². The summed E-state index contributed by atoms with van der Waals surface area (Å²) in [5, 5.41) is 2.51. The molecule has 0 radical (unpaired) electrons. The number of rotatable bonds is 10. The van der Waals surface area contributed by atoms with Gasteiger partial charge in [-0.2, -0.15) is 0 Å². The van der Waals surface area contributed by atoms with Gasteiger partial charge in [-0.15, -0.1) is 11.3 Å². The molecule has 0 saturated carbocycles. The van der Waals surface area contributed by atoms with Gasteiger partial charge in [0.1, 0.15) is 0 Å². The Morgan fingerprint density at radius 1 is 0.468 bits per heavy atom. The first kappa shape index (κ1) is 38.5. The molecule has 0 saturated heterocycles. The number of hydrogen-bond donors (Lipinski definition) is 0. The quantitative estimate of drug-likeness (QED) is 0.129. The molecule has 0 aliphatic heterocycles. The molecule has 1 aliphatic rings. The number of benzene rings is 6. The second-order valence-corrected chi connectivity index (χ2v) is 16.5. The molecule has 3 heterocycles. The number of fused-ring (bicyclic) bond motifs is 3. The first-order chi connectivity index (χ1) is 30.6. The molecule has 0 atom stereocenters. The smallest absolute Gasteiger partial charge is 0.0715 e. The fourth-order valence-corrected chi connectivity index (χ4v) is 9.32. The van der Waals surface area contributed by atoms with Gasteiger partial charge < -0.3 is 0 Å². The average Bonchev–Trinajstić information content (AvgIpc) is 3.48. The molecule has 2 nitrogen and oxygen atoms in total. The summed E-state index contributed by atoms with van der Waals surface area (Å²) in [6.45, 7) is 8.04. The van der Waals surface area contributed by atoms with Crippen LogP contribution < -0.4 is 0 Å². The largest absolute Gasteiger partial charge is 0.248 e. The monoisotopic (exact) mass is 810 g/mol. The first-order valence-electron chi connectivity index (χ1n) is 20.9. The Kier molecular flexibility index (Phi) is 10.6. The van der Waals surface area contributed by atoms with Crippen LogP contribution in [0.5, 0.6) is 0 Å². The molecule has 62 heavy (non-hydrogen) atoms. The van der Waals surface area contributed by atoms with Gasteiger partial charge >= 0.3 is 0 Å². The molecule has 0 unspecified atom stereocenters. The minimum Gasteiger partial charge on any atom is -0.248 e. The zero-order valence-electron chi connectivity index (χ0n) is 34.2. The lowest BCUT2D eigenvalue weighted by atomic mass is 9.96. The summed E-state index contributed by atoms with van der Waals surface area (Å²) in [4.78, 5) is 10.4. The van der Waals surface area contributed by atoms with Crippen molar-refractivity contribution in [2.45, 2.75) is 6.42 Å². The normalized spacial score (nSPS) is 12.6. The van der Waals surface area contributed by atoms with E-state index in [1.165, 1.54) is 36.9 Å². The van der Waals surface area contributed by atoms with Crippen molar-refractivity contribution in [1.82, 2.24) is 9.97 Å². The van der Waals surface area contributed by atoms with Gasteiger partial charge in [-0.1, -0.05) is 171 Å². The maximum absolute atomic E-state index is 5.23. The minimum absolute atomic E-state index is 0.862. The maximum Gasteiger partial charge on any atom is 0.0715 e. The van der Waals surface area contributed by atoms with E-state index in [9.17, 15) is 0 Å². The van der Waals surface area contributed by atoms with Crippen molar-refractivity contribution in [3.05, 3.63) is 243 Å². The summed E-state index contributed by atoms with van der Waals surface area (Å²) >= 11 is 1.84. The van der Waals surface area contributed by atoms with Crippen LogP contribution in [0.1, 0.15) is 17.7 Å². The molecule has 0 spiro atoms. The third-order valence-corrected chi connectivity index (χ3v) is 12.6. The molecule has 3 aromatic heterocycles. The van der Waals surface area contributed by atoms with E-state index in [4.69, 9.17) is 9.97 Å². The van der Waals surface area contributed by atoms with E-state index < -0.39 is 0 Å². The Labute approximate surface area is 367 Å². The number of thiophene rings is 1. The molecule has 6 aromatic carbocycles. The molecule has 0 amide bonds. The molecule has 0 fully saturated rings. The van der Waals surface area contributed by atoms with E-state index in [1.54, 1.807) is 0 Å². The Bertz CT molecular complexity index is 3230. The number of nitrogens with zero attached hydrogens (tertiary/aromatic N) is 2. The minimum atomic E-state index is 0.862. The number of pyridine rings is 2. The van der Waals surface area contributed by atoms with Crippen LogP contribution in [0.2, 0.25) is 0 Å². The fourth-order valence-electron chi connectivity index (χ4n) is 8.26. The molecule has 0 bridgehead atoms. The van der Waals surface area contributed by atoms with Gasteiger partial charge in [0.2, 0.25) is 0 Å². The third-order valence-electron chi connectivity index (χ3n) is 11.4. The van der Waals surface area contributed by atoms with E-state index >= 15 is 0 Å². The van der Waals surface area contributed by atoms with Gasteiger partial charge in [-0.3, -0.25) is 0 Å². The van der Waals surface area contributed by atoms with Crippen molar-refractivity contribution in [2.75, 3.05) is 0 Å². The summed E-state index contributed by atoms with van der Waals surface area (Å²) in [6, 6.07) is 61.0. The van der Waals surface area contributed by atoms with Crippen molar-refractivity contribution >= 4 is 42.7 Å². The molecule has 0 N–H and O–H groups in total.